The maximum absolute atomic E-state index is 12.5. The first kappa shape index (κ1) is 15.7. The van der Waals surface area contributed by atoms with Gasteiger partial charge in [-0.05, 0) is 19.5 Å². The largest absolute Gasteiger partial charge is 0.344 e. The van der Waals surface area contributed by atoms with E-state index in [9.17, 15) is 4.79 Å². The van der Waals surface area contributed by atoms with E-state index >= 15 is 0 Å². The molecule has 0 atom stereocenters. The predicted octanol–water partition coefficient (Wildman–Crippen LogP) is 1.10. The van der Waals surface area contributed by atoms with E-state index in [1.807, 2.05) is 16.8 Å². The summed E-state index contributed by atoms with van der Waals surface area (Å²) in [6.45, 7) is 6.42. The Morgan fingerprint density at radius 3 is 2.71 bits per heavy atom. The van der Waals surface area contributed by atoms with Crippen molar-refractivity contribution in [3.8, 4) is 0 Å². The highest BCUT2D eigenvalue weighted by Gasteiger charge is 2.21. The molecule has 2 rings (SSSR count). The van der Waals surface area contributed by atoms with E-state index < -0.39 is 0 Å². The summed E-state index contributed by atoms with van der Waals surface area (Å²) in [5.41, 5.74) is 0.493. The van der Waals surface area contributed by atoms with Crippen LogP contribution in [0, 0.1) is 0 Å². The van der Waals surface area contributed by atoms with Crippen LogP contribution in [-0.4, -0.2) is 72.5 Å². The predicted molar refractivity (Wildman–Crippen MR) is 83.6 cm³/mol. The molecule has 6 heteroatoms. The van der Waals surface area contributed by atoms with E-state index in [0.29, 0.717) is 11.6 Å². The molecule has 1 saturated heterocycles. The van der Waals surface area contributed by atoms with Crippen LogP contribution in [0.2, 0.25) is 0 Å². The van der Waals surface area contributed by atoms with Crippen LogP contribution in [0.1, 0.15) is 30.3 Å². The average Bonchev–Trinajstić information content (AvgIpc) is 2.52. The first-order chi connectivity index (χ1) is 10.1. The minimum atomic E-state index is 0.00985. The number of aromatic nitrogens is 2. The number of hydrogen-bond donors (Lipinski definition) is 0. The number of nitrogens with zero attached hydrogens (tertiary/aromatic N) is 5. The summed E-state index contributed by atoms with van der Waals surface area (Å²) in [5, 5.41) is 0. The van der Waals surface area contributed by atoms with E-state index in [-0.39, 0.29) is 5.91 Å². The van der Waals surface area contributed by atoms with Gasteiger partial charge in [-0.25, -0.2) is 9.97 Å². The third kappa shape index (κ3) is 4.14. The van der Waals surface area contributed by atoms with Crippen LogP contribution in [-0.2, 0) is 0 Å². The number of unbranched alkanes of at least 4 members (excludes halogenated alkanes) is 1. The Balaban J connectivity index is 2.04. The van der Waals surface area contributed by atoms with Crippen LogP contribution >= 0.6 is 0 Å². The number of anilines is 1. The third-order valence-corrected chi connectivity index (χ3v) is 3.84. The molecule has 0 N–H and O–H groups in total. The number of amides is 1. The van der Waals surface area contributed by atoms with Crippen LogP contribution < -0.4 is 4.90 Å². The van der Waals surface area contributed by atoms with E-state index in [1.54, 1.807) is 12.3 Å². The van der Waals surface area contributed by atoms with Crippen molar-refractivity contribution in [2.75, 3.05) is 51.7 Å². The van der Waals surface area contributed by atoms with Crippen molar-refractivity contribution in [1.29, 1.82) is 0 Å². The quantitative estimate of drug-likeness (QED) is 0.813. The summed E-state index contributed by atoms with van der Waals surface area (Å²) in [7, 11) is 4.04. The molecule has 0 aromatic carbocycles. The topological polar surface area (TPSA) is 52.6 Å². The van der Waals surface area contributed by atoms with Gasteiger partial charge in [0.25, 0.3) is 5.91 Å². The molecule has 6 nitrogen and oxygen atoms in total. The van der Waals surface area contributed by atoms with Crippen molar-refractivity contribution in [3.05, 3.63) is 18.0 Å². The smallest absolute Gasteiger partial charge is 0.272 e. The van der Waals surface area contributed by atoms with Crippen molar-refractivity contribution < 1.29 is 4.79 Å². The molecule has 1 aliphatic rings. The van der Waals surface area contributed by atoms with Gasteiger partial charge in [0.15, 0.2) is 0 Å². The molecule has 1 aliphatic heterocycles. The molecule has 21 heavy (non-hydrogen) atoms. The van der Waals surface area contributed by atoms with Gasteiger partial charge < -0.3 is 14.7 Å². The Hall–Kier alpha value is -1.69. The summed E-state index contributed by atoms with van der Waals surface area (Å²) < 4.78 is 0. The zero-order chi connectivity index (χ0) is 15.2. The SMILES string of the molecule is CCCCN(C)c1nccc(C(=O)N2CCN(C)CC2)n1. The first-order valence-corrected chi connectivity index (χ1v) is 7.64. The van der Waals surface area contributed by atoms with Crippen LogP contribution in [0.25, 0.3) is 0 Å². The molecule has 0 aliphatic carbocycles. The molecule has 1 fully saturated rings. The van der Waals surface area contributed by atoms with E-state index in [4.69, 9.17) is 0 Å². The molecule has 1 amide bonds. The second kappa shape index (κ2) is 7.36. The van der Waals surface area contributed by atoms with Gasteiger partial charge in [-0.3, -0.25) is 4.79 Å². The molecule has 0 spiro atoms. The normalized spacial score (nSPS) is 16.0. The van der Waals surface area contributed by atoms with Crippen LogP contribution in [0.3, 0.4) is 0 Å². The zero-order valence-electron chi connectivity index (χ0n) is 13.2. The number of piperazine rings is 1. The zero-order valence-corrected chi connectivity index (χ0v) is 13.2. The molecule has 0 unspecified atom stereocenters. The van der Waals surface area contributed by atoms with Gasteiger partial charge in [0.05, 0.1) is 0 Å². The van der Waals surface area contributed by atoms with Crippen LogP contribution in [0.5, 0.6) is 0 Å². The molecule has 116 valence electrons. The number of hydrogen-bond acceptors (Lipinski definition) is 5. The number of carbonyl (C=O) groups excluding carboxylic acids is 1. The molecule has 1 aromatic rings. The third-order valence-electron chi connectivity index (χ3n) is 3.84. The van der Waals surface area contributed by atoms with E-state index in [0.717, 1.165) is 45.6 Å². The second-order valence-electron chi connectivity index (χ2n) is 5.61. The Morgan fingerprint density at radius 2 is 2.05 bits per heavy atom. The monoisotopic (exact) mass is 291 g/mol. The van der Waals surface area contributed by atoms with Crippen molar-refractivity contribution in [2.24, 2.45) is 0 Å². The van der Waals surface area contributed by atoms with E-state index in [2.05, 4.69) is 28.8 Å². The van der Waals surface area contributed by atoms with Crippen molar-refractivity contribution in [3.63, 3.8) is 0 Å². The molecular formula is C15H25N5O. The lowest BCUT2D eigenvalue weighted by molar-refractivity contribution is 0.0658. The van der Waals surface area contributed by atoms with E-state index in [1.165, 1.54) is 0 Å². The highest BCUT2D eigenvalue weighted by molar-refractivity contribution is 5.92. The molecule has 2 heterocycles. The Morgan fingerprint density at radius 1 is 1.33 bits per heavy atom. The van der Waals surface area contributed by atoms with Gasteiger partial charge in [0.1, 0.15) is 5.69 Å². The molecule has 0 saturated carbocycles. The summed E-state index contributed by atoms with van der Waals surface area (Å²) in [6.07, 6.45) is 3.90. The van der Waals surface area contributed by atoms with Crippen molar-refractivity contribution in [1.82, 2.24) is 19.8 Å². The summed E-state index contributed by atoms with van der Waals surface area (Å²) >= 11 is 0. The molecule has 0 bridgehead atoms. The summed E-state index contributed by atoms with van der Waals surface area (Å²) in [6, 6.07) is 1.71. The average molecular weight is 291 g/mol. The number of rotatable bonds is 5. The minimum absolute atomic E-state index is 0.00985. The fourth-order valence-electron chi connectivity index (χ4n) is 2.32. The van der Waals surface area contributed by atoms with Crippen molar-refractivity contribution in [2.45, 2.75) is 19.8 Å². The van der Waals surface area contributed by atoms with Crippen LogP contribution in [0.4, 0.5) is 5.95 Å². The molecule has 0 radical (unpaired) electrons. The fourth-order valence-corrected chi connectivity index (χ4v) is 2.32. The van der Waals surface area contributed by atoms with Gasteiger partial charge in [-0.2, -0.15) is 0 Å². The summed E-state index contributed by atoms with van der Waals surface area (Å²) in [4.78, 5) is 27.3. The highest BCUT2D eigenvalue weighted by Crippen LogP contribution is 2.10. The number of likely N-dealkylation sites (N-methyl/N-ethyl adjacent to an activating group) is 1. The molecule has 1 aromatic heterocycles. The second-order valence-corrected chi connectivity index (χ2v) is 5.61. The van der Waals surface area contributed by atoms with Crippen LogP contribution in [0.15, 0.2) is 12.3 Å². The minimum Gasteiger partial charge on any atom is -0.344 e. The highest BCUT2D eigenvalue weighted by atomic mass is 16.2. The lowest BCUT2D eigenvalue weighted by Gasteiger charge is -2.32. The lowest BCUT2D eigenvalue weighted by atomic mass is 10.3. The maximum atomic E-state index is 12.5. The lowest BCUT2D eigenvalue weighted by Crippen LogP contribution is -2.47. The van der Waals surface area contributed by atoms with Crippen molar-refractivity contribution >= 4 is 11.9 Å². The standard InChI is InChI=1S/C15H25N5O/c1-4-5-8-19(3)15-16-7-6-13(17-15)14(21)20-11-9-18(2)10-12-20/h6-7H,4-5,8-12H2,1-3H3. The maximum Gasteiger partial charge on any atom is 0.272 e. The fraction of sp³-hybridized carbons (Fsp3) is 0.667. The van der Waals surface area contributed by atoms with Gasteiger partial charge >= 0.3 is 0 Å². The molecular weight excluding hydrogens is 266 g/mol. The van der Waals surface area contributed by atoms with Gasteiger partial charge in [0.2, 0.25) is 5.95 Å². The Labute approximate surface area is 126 Å². The van der Waals surface area contributed by atoms with Gasteiger partial charge in [-0.1, -0.05) is 13.3 Å². The Bertz CT molecular complexity index is 471. The van der Waals surface area contributed by atoms with Gasteiger partial charge in [-0.15, -0.1) is 0 Å². The first-order valence-electron chi connectivity index (χ1n) is 7.64. The number of carbonyl (C=O) groups is 1. The summed E-state index contributed by atoms with van der Waals surface area (Å²) in [5.74, 6) is 0.638. The Kier molecular flexibility index (Phi) is 5.50. The van der Waals surface area contributed by atoms with Gasteiger partial charge in [0, 0.05) is 46.0 Å².